The van der Waals surface area contributed by atoms with Gasteiger partial charge in [0, 0.05) is 11.9 Å². The number of anilines is 1. The Bertz CT molecular complexity index is 777. The molecule has 0 aliphatic carbocycles. The Morgan fingerprint density at radius 3 is 2.82 bits per heavy atom. The fourth-order valence-corrected chi connectivity index (χ4v) is 4.34. The molecule has 28 heavy (non-hydrogen) atoms. The number of hydrogen-bond acceptors (Lipinski definition) is 7. The van der Waals surface area contributed by atoms with Crippen LogP contribution in [-0.4, -0.2) is 65.3 Å². The molecule has 1 amide bonds. The van der Waals surface area contributed by atoms with Crippen molar-refractivity contribution in [2.24, 2.45) is 0 Å². The summed E-state index contributed by atoms with van der Waals surface area (Å²) >= 11 is 1.10. The number of thiazole rings is 1. The van der Waals surface area contributed by atoms with Crippen molar-refractivity contribution >= 4 is 28.5 Å². The molecule has 2 aliphatic rings. The summed E-state index contributed by atoms with van der Waals surface area (Å²) in [6.45, 7) is 8.19. The first kappa shape index (κ1) is 20.5. The molecule has 3 heterocycles. The molecule has 0 spiro atoms. The number of halogens is 2. The average molecular weight is 415 g/mol. The maximum atomic E-state index is 14.8. The second kappa shape index (κ2) is 7.31. The molecule has 0 N–H and O–H groups in total. The van der Waals surface area contributed by atoms with E-state index in [9.17, 15) is 18.4 Å². The van der Waals surface area contributed by atoms with Gasteiger partial charge in [0.15, 0.2) is 10.8 Å². The zero-order chi connectivity index (χ0) is 20.7. The van der Waals surface area contributed by atoms with Gasteiger partial charge in [0.1, 0.15) is 18.2 Å². The molecule has 0 saturated carbocycles. The number of carbonyl (C=O) groups is 2. The second-order valence-electron chi connectivity index (χ2n) is 7.77. The van der Waals surface area contributed by atoms with Crippen LogP contribution in [0, 0.1) is 0 Å². The zero-order valence-electron chi connectivity index (χ0n) is 16.0. The lowest BCUT2D eigenvalue weighted by molar-refractivity contribution is -0.0109. The summed E-state index contributed by atoms with van der Waals surface area (Å²) in [7, 11) is 0. The Balaban J connectivity index is 1.78. The topological polar surface area (TPSA) is 72.0 Å². The van der Waals surface area contributed by atoms with Crippen molar-refractivity contribution in [3.05, 3.63) is 23.7 Å². The molecule has 1 aromatic heterocycles. The number of nitrogens with zero attached hydrogens (tertiary/aromatic N) is 3. The van der Waals surface area contributed by atoms with E-state index in [0.717, 1.165) is 16.2 Å². The number of esters is 1. The first-order valence-electron chi connectivity index (χ1n) is 8.91. The number of ether oxygens (including phenoxy) is 2. The molecule has 0 aromatic carbocycles. The Kier molecular flexibility index (Phi) is 5.35. The van der Waals surface area contributed by atoms with Gasteiger partial charge in [-0.1, -0.05) is 12.7 Å². The summed E-state index contributed by atoms with van der Waals surface area (Å²) < 4.78 is 39.8. The minimum absolute atomic E-state index is 0.0447. The third-order valence-corrected chi connectivity index (χ3v) is 5.37. The van der Waals surface area contributed by atoms with Gasteiger partial charge in [-0.25, -0.2) is 23.4 Å². The van der Waals surface area contributed by atoms with Gasteiger partial charge in [-0.2, -0.15) is 0 Å². The van der Waals surface area contributed by atoms with Crippen molar-refractivity contribution in [2.45, 2.75) is 50.8 Å². The number of rotatable bonds is 4. The highest BCUT2D eigenvalue weighted by atomic mass is 32.1. The maximum absolute atomic E-state index is 14.8. The smallest absolute Gasteiger partial charge is 0.410 e. The van der Waals surface area contributed by atoms with Gasteiger partial charge in [0.25, 0.3) is 5.92 Å². The lowest BCUT2D eigenvalue weighted by Crippen LogP contribution is -2.45. The molecule has 0 radical (unpaired) electrons. The summed E-state index contributed by atoms with van der Waals surface area (Å²) in [4.78, 5) is 31.1. The van der Waals surface area contributed by atoms with E-state index in [1.807, 2.05) is 0 Å². The molecular weight excluding hydrogens is 392 g/mol. The fourth-order valence-electron chi connectivity index (χ4n) is 3.48. The lowest BCUT2D eigenvalue weighted by Gasteiger charge is -2.28. The number of alkyl halides is 2. The quantitative estimate of drug-likeness (QED) is 0.555. The van der Waals surface area contributed by atoms with Gasteiger partial charge in [0.2, 0.25) is 0 Å². The fraction of sp³-hybridized carbons (Fsp3) is 0.611. The molecule has 2 atom stereocenters. The van der Waals surface area contributed by atoms with E-state index in [-0.39, 0.29) is 12.3 Å². The molecule has 3 rings (SSSR count). The highest BCUT2D eigenvalue weighted by Crippen LogP contribution is 2.44. The van der Waals surface area contributed by atoms with E-state index in [2.05, 4.69) is 11.6 Å². The third kappa shape index (κ3) is 3.96. The van der Waals surface area contributed by atoms with Gasteiger partial charge >= 0.3 is 12.1 Å². The van der Waals surface area contributed by atoms with Crippen LogP contribution in [0.4, 0.5) is 18.7 Å². The highest BCUT2D eigenvalue weighted by molar-refractivity contribution is 7.14. The van der Waals surface area contributed by atoms with Crippen LogP contribution in [0.2, 0.25) is 0 Å². The number of carbonyl (C=O) groups excluding carboxylic acids is 2. The van der Waals surface area contributed by atoms with Gasteiger partial charge in [-0.3, -0.25) is 4.90 Å². The van der Waals surface area contributed by atoms with Gasteiger partial charge in [-0.05, 0) is 27.2 Å². The van der Waals surface area contributed by atoms with Crippen LogP contribution in [-0.2, 0) is 9.47 Å². The first-order valence-corrected chi connectivity index (χ1v) is 9.79. The van der Waals surface area contributed by atoms with Crippen LogP contribution in [0.5, 0.6) is 0 Å². The molecule has 2 aliphatic heterocycles. The molecule has 2 saturated heterocycles. The highest BCUT2D eigenvalue weighted by Gasteiger charge is 2.62. The van der Waals surface area contributed by atoms with E-state index in [1.165, 1.54) is 16.4 Å². The van der Waals surface area contributed by atoms with Crippen molar-refractivity contribution < 1.29 is 27.8 Å². The van der Waals surface area contributed by atoms with Crippen molar-refractivity contribution in [1.29, 1.82) is 0 Å². The minimum atomic E-state index is -3.12. The summed E-state index contributed by atoms with van der Waals surface area (Å²) in [6.07, 6.45) is 1.06. The number of likely N-dealkylation sites (tertiary alicyclic amines) is 1. The average Bonchev–Trinajstić information content (AvgIpc) is 3.27. The van der Waals surface area contributed by atoms with Crippen LogP contribution < -0.4 is 4.90 Å². The molecular formula is C18H23F2N3O4S. The summed E-state index contributed by atoms with van der Waals surface area (Å²) in [5.74, 6) is -3.75. The van der Waals surface area contributed by atoms with Crippen LogP contribution >= 0.6 is 11.3 Å². The van der Waals surface area contributed by atoms with E-state index in [4.69, 9.17) is 9.47 Å². The van der Waals surface area contributed by atoms with E-state index in [1.54, 1.807) is 20.8 Å². The Hall–Kier alpha value is -2.23. The summed E-state index contributed by atoms with van der Waals surface area (Å²) in [5, 5.41) is 1.79. The van der Waals surface area contributed by atoms with E-state index >= 15 is 0 Å². The second-order valence-corrected chi connectivity index (χ2v) is 8.60. The Labute approximate surface area is 165 Å². The molecule has 0 bridgehead atoms. The largest absolute Gasteiger partial charge is 0.457 e. The van der Waals surface area contributed by atoms with Crippen molar-refractivity contribution in [2.75, 3.05) is 24.6 Å². The Morgan fingerprint density at radius 2 is 2.18 bits per heavy atom. The van der Waals surface area contributed by atoms with Gasteiger partial charge < -0.3 is 14.4 Å². The van der Waals surface area contributed by atoms with Crippen LogP contribution in [0.3, 0.4) is 0 Å². The van der Waals surface area contributed by atoms with Gasteiger partial charge in [-0.15, -0.1) is 11.3 Å². The van der Waals surface area contributed by atoms with Crippen molar-refractivity contribution in [3.63, 3.8) is 0 Å². The van der Waals surface area contributed by atoms with E-state index in [0.29, 0.717) is 18.1 Å². The van der Waals surface area contributed by atoms with Crippen LogP contribution in [0.25, 0.3) is 0 Å². The zero-order valence-corrected chi connectivity index (χ0v) is 16.8. The molecule has 2 unspecified atom stereocenters. The van der Waals surface area contributed by atoms with Crippen LogP contribution in [0.15, 0.2) is 18.0 Å². The van der Waals surface area contributed by atoms with Gasteiger partial charge in [0.05, 0.1) is 12.6 Å². The molecule has 154 valence electrons. The maximum Gasteiger partial charge on any atom is 0.410 e. The minimum Gasteiger partial charge on any atom is -0.457 e. The SMILES string of the molecule is C=CCOC(=O)c1csc(N2CCC3C2C(F)(F)CN3C(=O)OC(C)(C)C)n1. The normalized spacial score (nSPS) is 23.5. The third-order valence-electron chi connectivity index (χ3n) is 4.49. The standard InChI is InChI=1S/C18H23F2N3O4S/c1-5-8-26-14(24)11-9-28-15(21-11)22-7-6-12-13(22)18(19,20)10-23(12)16(25)27-17(2,3)4/h5,9,12-13H,1,6-8,10H2,2-4H3. The van der Waals surface area contributed by atoms with Crippen molar-refractivity contribution in [3.8, 4) is 0 Å². The number of fused-ring (bicyclic) bond motifs is 1. The van der Waals surface area contributed by atoms with Crippen LogP contribution in [0.1, 0.15) is 37.7 Å². The lowest BCUT2D eigenvalue weighted by atomic mass is 10.1. The number of hydrogen-bond donors (Lipinski definition) is 0. The monoisotopic (exact) mass is 415 g/mol. The Morgan fingerprint density at radius 1 is 1.46 bits per heavy atom. The van der Waals surface area contributed by atoms with E-state index < -0.39 is 42.2 Å². The predicted molar refractivity (Wildman–Crippen MR) is 100 cm³/mol. The molecule has 10 heteroatoms. The molecule has 7 nitrogen and oxygen atoms in total. The van der Waals surface area contributed by atoms with Crippen molar-refractivity contribution in [1.82, 2.24) is 9.88 Å². The number of aromatic nitrogens is 1. The number of amides is 1. The predicted octanol–water partition coefficient (Wildman–Crippen LogP) is 3.32. The molecule has 2 fully saturated rings. The first-order chi connectivity index (χ1) is 13.0. The summed E-state index contributed by atoms with van der Waals surface area (Å²) in [5.41, 5.74) is -0.700. The summed E-state index contributed by atoms with van der Waals surface area (Å²) in [6, 6.07) is -1.88. The molecule has 1 aromatic rings.